The number of hydrogen-bond donors (Lipinski definition) is 2. The van der Waals surface area contributed by atoms with Crippen molar-refractivity contribution >= 4 is 89.1 Å². The lowest BCUT2D eigenvalue weighted by atomic mass is 10.1. The maximum Gasteiger partial charge on any atom is 0.138 e. The van der Waals surface area contributed by atoms with E-state index in [9.17, 15) is 0 Å². The summed E-state index contributed by atoms with van der Waals surface area (Å²) in [6.45, 7) is 7.97. The fourth-order valence-electron chi connectivity index (χ4n) is 4.99. The van der Waals surface area contributed by atoms with Crippen molar-refractivity contribution in [2.45, 2.75) is 34.4 Å². The molecule has 0 aliphatic rings. The molecule has 3 aromatic heterocycles. The van der Waals surface area contributed by atoms with Crippen LogP contribution in [-0.2, 0) is 27.3 Å². The number of methoxy groups -OCH3 is 3. The second-order valence-electron chi connectivity index (χ2n) is 10.4. The number of rotatable bonds is 8. The van der Waals surface area contributed by atoms with Crippen molar-refractivity contribution in [3.63, 3.8) is 0 Å². The highest BCUT2D eigenvalue weighted by Gasteiger charge is 2.11. The van der Waals surface area contributed by atoms with Gasteiger partial charge in [-0.05, 0) is 49.2 Å². The van der Waals surface area contributed by atoms with E-state index in [1.807, 2.05) is 48.9 Å². The molecule has 6 aromatic rings. The molecule has 0 aliphatic carbocycles. The van der Waals surface area contributed by atoms with Gasteiger partial charge < -0.3 is 46.5 Å². The Bertz CT molecular complexity index is 1730. The molecular formula is C36H47BrCl4N4O3. The van der Waals surface area contributed by atoms with Gasteiger partial charge in [-0.1, -0.05) is 88.5 Å². The zero-order chi connectivity index (χ0) is 33.6. The first-order chi connectivity index (χ1) is 22.2. The van der Waals surface area contributed by atoms with Crippen LogP contribution in [0.2, 0.25) is 15.1 Å². The van der Waals surface area contributed by atoms with Gasteiger partial charge in [-0.15, -0.1) is 0 Å². The number of nitrogens with zero attached hydrogens (tertiary/aromatic N) is 2. The largest absolute Gasteiger partial charge is 1.00 e. The van der Waals surface area contributed by atoms with E-state index in [1.165, 1.54) is 16.6 Å². The molecule has 12 heteroatoms. The van der Waals surface area contributed by atoms with Gasteiger partial charge in [0.05, 0.1) is 45.8 Å². The van der Waals surface area contributed by atoms with E-state index in [1.54, 1.807) is 21.3 Å². The summed E-state index contributed by atoms with van der Waals surface area (Å²) in [6, 6.07) is 18.3. The molecule has 3 heterocycles. The number of ether oxygens (including phenoxy) is 3. The van der Waals surface area contributed by atoms with Gasteiger partial charge >= 0.3 is 0 Å². The Morgan fingerprint density at radius 3 is 1.67 bits per heavy atom. The molecule has 264 valence electrons. The number of quaternary nitrogens is 1. The number of benzene rings is 3. The normalized spacial score (nSPS) is 10.3. The van der Waals surface area contributed by atoms with Crippen LogP contribution in [0.3, 0.4) is 0 Å². The minimum atomic E-state index is 0. The Balaban J connectivity index is 0.000000333. The van der Waals surface area contributed by atoms with Crippen molar-refractivity contribution < 1.29 is 32.4 Å². The maximum absolute atomic E-state index is 6.20. The molecule has 3 aromatic carbocycles. The number of fused-ring (bicyclic) bond motifs is 3. The van der Waals surface area contributed by atoms with Gasteiger partial charge in [0.25, 0.3) is 0 Å². The van der Waals surface area contributed by atoms with E-state index in [0.717, 1.165) is 73.0 Å². The van der Waals surface area contributed by atoms with Crippen LogP contribution in [0.1, 0.15) is 18.6 Å². The molecule has 0 saturated heterocycles. The van der Waals surface area contributed by atoms with Crippen LogP contribution in [0.15, 0.2) is 73.2 Å². The van der Waals surface area contributed by atoms with Crippen LogP contribution in [0.25, 0.3) is 32.7 Å². The number of hydrogen-bond acceptors (Lipinski definition) is 3. The van der Waals surface area contributed by atoms with Crippen LogP contribution < -0.4 is 18.1 Å². The van der Waals surface area contributed by atoms with Gasteiger partial charge in [0, 0.05) is 80.1 Å². The zero-order valence-corrected chi connectivity index (χ0v) is 32.0. The van der Waals surface area contributed by atoms with Crippen LogP contribution in [0.4, 0.5) is 5.69 Å². The van der Waals surface area contributed by atoms with Crippen molar-refractivity contribution in [1.29, 1.82) is 0 Å². The number of aromatic nitrogens is 3. The standard InChI is InChI=1S/C12H14ClNO.C11H13ClN2O.C9H8ClN.C3H7BrO.CH4.ClH/c1-9-4-3-5-11-12(9)10(13)8-14(11)6-7-15-2;1-15-6-5-14-7-8(12)11-9(13)3-2-4-10(11)14;1-6-3-2-4-8-9(6)7(10)5-11-8;1-5-3-2-4;;/h3-5,8H,6-7H2,1-2H3;2-4,7H,5-6,13H2,1H3;2-5,11H,1H3;2-3H2,1H3;1H4;1H. The molecule has 0 spiro atoms. The first kappa shape index (κ1) is 43.8. The van der Waals surface area contributed by atoms with Gasteiger partial charge in [0.15, 0.2) is 0 Å². The molecule has 0 radical (unpaired) electrons. The van der Waals surface area contributed by atoms with Gasteiger partial charge in [-0.3, -0.25) is 0 Å². The summed E-state index contributed by atoms with van der Waals surface area (Å²) >= 11 is 21.5. The van der Waals surface area contributed by atoms with Gasteiger partial charge in [-0.2, -0.15) is 0 Å². The summed E-state index contributed by atoms with van der Waals surface area (Å²) in [5, 5.41) is 6.63. The summed E-state index contributed by atoms with van der Waals surface area (Å²) < 4.78 is 19.0. The summed E-state index contributed by atoms with van der Waals surface area (Å²) in [7, 11) is 5.08. The number of H-pyrrole nitrogens is 1. The van der Waals surface area contributed by atoms with E-state index in [0.29, 0.717) is 13.2 Å². The Labute approximate surface area is 314 Å². The van der Waals surface area contributed by atoms with E-state index in [-0.39, 0.29) is 19.8 Å². The molecule has 6 rings (SSSR count). The third kappa shape index (κ3) is 11.7. The summed E-state index contributed by atoms with van der Waals surface area (Å²) in [5.74, 6) is 0. The monoisotopic (exact) mass is 802 g/mol. The topological polar surface area (TPSA) is 81.0 Å². The fourth-order valence-corrected chi connectivity index (χ4v) is 6.32. The molecule has 0 atom stereocenters. The highest BCUT2D eigenvalue weighted by Crippen LogP contribution is 2.30. The second kappa shape index (κ2) is 22.5. The van der Waals surface area contributed by atoms with Crippen molar-refractivity contribution in [3.05, 3.63) is 99.4 Å². The van der Waals surface area contributed by atoms with Crippen LogP contribution in [-0.4, -0.2) is 60.6 Å². The number of aromatic amines is 1. The van der Waals surface area contributed by atoms with Crippen molar-refractivity contribution in [2.24, 2.45) is 0 Å². The minimum Gasteiger partial charge on any atom is -1.00 e. The average Bonchev–Trinajstić information content (AvgIpc) is 3.70. The van der Waals surface area contributed by atoms with Crippen molar-refractivity contribution in [2.75, 3.05) is 46.5 Å². The number of nitrogens with one attached hydrogen (secondary N) is 1. The molecule has 0 bridgehead atoms. The lowest BCUT2D eigenvalue weighted by Gasteiger charge is -2.04. The smallest absolute Gasteiger partial charge is 0.138 e. The molecule has 0 saturated carbocycles. The predicted octanol–water partition coefficient (Wildman–Crippen LogP) is 6.86. The van der Waals surface area contributed by atoms with Crippen molar-refractivity contribution in [1.82, 2.24) is 14.1 Å². The Morgan fingerprint density at radius 2 is 1.17 bits per heavy atom. The lowest BCUT2D eigenvalue weighted by Crippen LogP contribution is -3.00. The molecule has 48 heavy (non-hydrogen) atoms. The Morgan fingerprint density at radius 1 is 0.688 bits per heavy atom. The van der Waals surface area contributed by atoms with E-state index >= 15 is 0 Å². The highest BCUT2D eigenvalue weighted by molar-refractivity contribution is 9.09. The summed E-state index contributed by atoms with van der Waals surface area (Å²) in [6.07, 6.45) is 5.72. The second-order valence-corrected chi connectivity index (χ2v) is 12.4. The molecule has 7 nitrogen and oxygen atoms in total. The first-order valence-corrected chi connectivity index (χ1v) is 17.0. The fraction of sp³-hybridized carbons (Fsp3) is 0.333. The number of aryl methyl sites for hydroxylation is 2. The summed E-state index contributed by atoms with van der Waals surface area (Å²) in [5.41, 5.74) is 10.8. The third-order valence-electron chi connectivity index (χ3n) is 7.23. The summed E-state index contributed by atoms with van der Waals surface area (Å²) in [4.78, 5) is 3.10. The van der Waals surface area contributed by atoms with Gasteiger partial charge in [-0.25, -0.2) is 0 Å². The van der Waals surface area contributed by atoms with Crippen LogP contribution in [0.5, 0.6) is 0 Å². The SMILES string of the molecule is C.COCCBr.COCCn1cc(Cl)c2c(C)cccc21.COCCn1cc(Cl)c2c([NH3+])cccc21.Cc1cccc2[nH]cc(Cl)c12.[Cl-]. The van der Waals surface area contributed by atoms with Gasteiger partial charge in [0.2, 0.25) is 0 Å². The first-order valence-electron chi connectivity index (χ1n) is 14.8. The molecule has 0 fully saturated rings. The zero-order valence-electron chi connectivity index (χ0n) is 27.4. The Hall–Kier alpha value is -2.24. The predicted molar refractivity (Wildman–Crippen MR) is 205 cm³/mol. The third-order valence-corrected chi connectivity index (χ3v) is 8.43. The molecule has 0 aliphatic heterocycles. The number of alkyl halides is 1. The van der Waals surface area contributed by atoms with E-state index < -0.39 is 0 Å². The lowest BCUT2D eigenvalue weighted by molar-refractivity contribution is -0.252. The minimum absolute atomic E-state index is 0. The highest BCUT2D eigenvalue weighted by atomic mass is 79.9. The Kier molecular flexibility index (Phi) is 20.5. The number of halogens is 5. The van der Waals surface area contributed by atoms with E-state index in [2.05, 4.69) is 78.6 Å². The quantitative estimate of drug-likeness (QED) is 0.165. The van der Waals surface area contributed by atoms with Crippen LogP contribution in [0, 0.1) is 13.8 Å². The molecular weight excluding hydrogens is 758 g/mol. The maximum atomic E-state index is 6.20. The van der Waals surface area contributed by atoms with E-state index in [4.69, 9.17) is 44.3 Å². The molecule has 0 unspecified atom stereocenters. The van der Waals surface area contributed by atoms with Crippen LogP contribution >= 0.6 is 50.7 Å². The van der Waals surface area contributed by atoms with Gasteiger partial charge in [0.1, 0.15) is 5.69 Å². The average molecular weight is 806 g/mol. The van der Waals surface area contributed by atoms with Crippen molar-refractivity contribution in [3.8, 4) is 0 Å². The molecule has 0 amide bonds. The molecule has 4 N–H and O–H groups in total.